The van der Waals surface area contributed by atoms with Crippen molar-refractivity contribution in [2.24, 2.45) is 0 Å². The van der Waals surface area contributed by atoms with Crippen LogP contribution in [0, 0.1) is 0 Å². The van der Waals surface area contributed by atoms with E-state index >= 15 is 0 Å². The van der Waals surface area contributed by atoms with Crippen LogP contribution in [0.3, 0.4) is 0 Å². The quantitative estimate of drug-likeness (QED) is 0.446. The van der Waals surface area contributed by atoms with E-state index in [1.54, 1.807) is 18.2 Å². The molecule has 6 nitrogen and oxygen atoms in total. The van der Waals surface area contributed by atoms with E-state index in [0.29, 0.717) is 11.4 Å². The van der Waals surface area contributed by atoms with Gasteiger partial charge in [-0.05, 0) is 54.7 Å². The topological polar surface area (TPSA) is 91.6 Å². The highest BCUT2D eigenvalue weighted by atomic mass is 79.9. The van der Waals surface area contributed by atoms with Gasteiger partial charge in [0.2, 0.25) is 0 Å². The van der Waals surface area contributed by atoms with Crippen LogP contribution < -0.4 is 10.6 Å². The number of carboxylic acids is 1. The van der Waals surface area contributed by atoms with Gasteiger partial charge in [0.1, 0.15) is 5.76 Å². The van der Waals surface area contributed by atoms with Gasteiger partial charge in [0.15, 0.2) is 10.9 Å². The molecule has 0 atom stereocenters. The largest absolute Gasteiger partial charge is 0.478 e. The van der Waals surface area contributed by atoms with E-state index in [9.17, 15) is 9.59 Å². The Morgan fingerprint density at radius 1 is 1.07 bits per heavy atom. The van der Waals surface area contributed by atoms with E-state index in [4.69, 9.17) is 33.3 Å². The molecule has 0 unspecified atom stereocenters. The van der Waals surface area contributed by atoms with Gasteiger partial charge in [0.05, 0.1) is 10.6 Å². The Balaban J connectivity index is 1.66. The minimum Gasteiger partial charge on any atom is -0.478 e. The van der Waals surface area contributed by atoms with Crippen molar-refractivity contribution in [2.75, 3.05) is 5.32 Å². The van der Waals surface area contributed by atoms with Crippen molar-refractivity contribution in [1.82, 2.24) is 5.32 Å². The maximum atomic E-state index is 12.3. The number of carboxylic acid groups (broad SMARTS) is 1. The second-order valence-corrected chi connectivity index (χ2v) is 7.31. The highest BCUT2D eigenvalue weighted by Gasteiger charge is 2.15. The number of rotatable bonds is 4. The molecular weight excluding hydrogens is 468 g/mol. The summed E-state index contributed by atoms with van der Waals surface area (Å²) < 4.78 is 6.51. The summed E-state index contributed by atoms with van der Waals surface area (Å²) in [6.45, 7) is 0. The number of benzene rings is 2. The Morgan fingerprint density at radius 3 is 2.46 bits per heavy atom. The Morgan fingerprint density at radius 2 is 1.79 bits per heavy atom. The van der Waals surface area contributed by atoms with Crippen molar-refractivity contribution in [1.29, 1.82) is 0 Å². The molecule has 1 heterocycles. The first-order valence-electron chi connectivity index (χ1n) is 7.84. The fourth-order valence-electron chi connectivity index (χ4n) is 2.32. The third kappa shape index (κ3) is 4.78. The number of nitrogens with one attached hydrogen (secondary N) is 2. The monoisotopic (exact) mass is 478 g/mol. The average molecular weight is 480 g/mol. The van der Waals surface area contributed by atoms with Gasteiger partial charge < -0.3 is 14.8 Å². The van der Waals surface area contributed by atoms with Gasteiger partial charge >= 0.3 is 5.97 Å². The molecular formula is C19H12BrClN2O4S. The standard InChI is InChI=1S/C19H12BrClN2O4S/c20-11-3-1-10(2-4-11)15-7-8-16(27-15)17(24)23-19(28)22-12-5-6-14(21)13(9-12)18(25)26/h1-9H,(H,25,26)(H2,22,23,24,28). The summed E-state index contributed by atoms with van der Waals surface area (Å²) in [5.41, 5.74) is 1.12. The predicted molar refractivity (Wildman–Crippen MR) is 114 cm³/mol. The van der Waals surface area contributed by atoms with E-state index in [2.05, 4.69) is 26.6 Å². The minimum atomic E-state index is -1.17. The molecule has 1 aromatic heterocycles. The number of aromatic carboxylic acids is 1. The van der Waals surface area contributed by atoms with Crippen molar-refractivity contribution in [3.8, 4) is 11.3 Å². The molecule has 0 aliphatic rings. The SMILES string of the molecule is O=C(NC(=S)Nc1ccc(Cl)c(C(=O)O)c1)c1ccc(-c2ccc(Br)cc2)o1. The van der Waals surface area contributed by atoms with Crippen LogP contribution in [0.15, 0.2) is 63.5 Å². The van der Waals surface area contributed by atoms with Crippen LogP contribution in [0.5, 0.6) is 0 Å². The van der Waals surface area contributed by atoms with Gasteiger partial charge in [0, 0.05) is 15.7 Å². The van der Waals surface area contributed by atoms with Crippen LogP contribution in [0.4, 0.5) is 5.69 Å². The van der Waals surface area contributed by atoms with E-state index in [1.165, 1.54) is 12.1 Å². The molecule has 1 amide bonds. The maximum Gasteiger partial charge on any atom is 0.337 e. The molecule has 2 aromatic carbocycles. The molecule has 0 aliphatic carbocycles. The summed E-state index contributed by atoms with van der Waals surface area (Å²) in [5.74, 6) is -1.07. The van der Waals surface area contributed by atoms with Gasteiger partial charge in [-0.15, -0.1) is 0 Å². The van der Waals surface area contributed by atoms with Gasteiger partial charge in [-0.2, -0.15) is 0 Å². The van der Waals surface area contributed by atoms with E-state index in [-0.39, 0.29) is 21.5 Å². The first-order valence-corrected chi connectivity index (χ1v) is 9.42. The number of hydrogen-bond acceptors (Lipinski definition) is 4. The molecule has 28 heavy (non-hydrogen) atoms. The summed E-state index contributed by atoms with van der Waals surface area (Å²) in [6, 6.07) is 15.0. The summed E-state index contributed by atoms with van der Waals surface area (Å²) >= 11 is 14.3. The molecule has 0 saturated heterocycles. The molecule has 0 fully saturated rings. The Labute approximate surface area is 178 Å². The van der Waals surface area contributed by atoms with Crippen molar-refractivity contribution in [3.05, 3.63) is 75.4 Å². The number of carbonyl (C=O) groups excluding carboxylic acids is 1. The van der Waals surface area contributed by atoms with Crippen LogP contribution in [-0.4, -0.2) is 22.1 Å². The van der Waals surface area contributed by atoms with Crippen molar-refractivity contribution < 1.29 is 19.1 Å². The number of furan rings is 1. The van der Waals surface area contributed by atoms with Gasteiger partial charge in [-0.25, -0.2) is 4.79 Å². The molecule has 0 saturated carbocycles. The summed E-state index contributed by atoms with van der Waals surface area (Å²) in [7, 11) is 0. The van der Waals surface area contributed by atoms with Gasteiger partial charge in [-0.1, -0.05) is 39.7 Å². The summed E-state index contributed by atoms with van der Waals surface area (Å²) in [5, 5.41) is 14.4. The maximum absolute atomic E-state index is 12.3. The molecule has 0 spiro atoms. The molecule has 3 aromatic rings. The third-order valence-corrected chi connectivity index (χ3v) is 4.70. The zero-order valence-electron chi connectivity index (χ0n) is 14.0. The Kier molecular flexibility index (Phi) is 6.13. The van der Waals surface area contributed by atoms with Crippen LogP contribution in [0.2, 0.25) is 5.02 Å². The minimum absolute atomic E-state index is 0.00903. The number of anilines is 1. The summed E-state index contributed by atoms with van der Waals surface area (Å²) in [6.07, 6.45) is 0. The number of thiocarbonyl (C=S) groups is 1. The van der Waals surface area contributed by atoms with E-state index in [0.717, 1.165) is 10.0 Å². The zero-order chi connectivity index (χ0) is 20.3. The van der Waals surface area contributed by atoms with E-state index in [1.807, 2.05) is 24.3 Å². The van der Waals surface area contributed by atoms with Crippen LogP contribution in [0.25, 0.3) is 11.3 Å². The second-order valence-electron chi connectivity index (χ2n) is 5.58. The Bertz CT molecular complexity index is 1070. The van der Waals surface area contributed by atoms with Crippen LogP contribution in [-0.2, 0) is 0 Å². The lowest BCUT2D eigenvalue weighted by Crippen LogP contribution is -2.33. The van der Waals surface area contributed by atoms with E-state index < -0.39 is 11.9 Å². The van der Waals surface area contributed by atoms with Crippen molar-refractivity contribution in [3.63, 3.8) is 0 Å². The summed E-state index contributed by atoms with van der Waals surface area (Å²) in [4.78, 5) is 23.4. The van der Waals surface area contributed by atoms with Crippen LogP contribution >= 0.6 is 39.7 Å². The molecule has 3 N–H and O–H groups in total. The average Bonchev–Trinajstić information content (AvgIpc) is 3.14. The number of carbonyl (C=O) groups is 2. The highest BCUT2D eigenvalue weighted by Crippen LogP contribution is 2.24. The fraction of sp³-hybridized carbons (Fsp3) is 0. The number of halogens is 2. The first-order chi connectivity index (χ1) is 13.3. The molecule has 0 radical (unpaired) electrons. The lowest BCUT2D eigenvalue weighted by molar-refractivity contribution is 0.0697. The highest BCUT2D eigenvalue weighted by molar-refractivity contribution is 9.10. The van der Waals surface area contributed by atoms with Gasteiger partial charge in [-0.3, -0.25) is 10.1 Å². The molecule has 142 valence electrons. The first kappa shape index (κ1) is 20.1. The van der Waals surface area contributed by atoms with Crippen molar-refractivity contribution >= 4 is 62.4 Å². The predicted octanol–water partition coefficient (Wildman–Crippen LogP) is 5.19. The molecule has 9 heteroatoms. The fourth-order valence-corrected chi connectivity index (χ4v) is 3.00. The lowest BCUT2D eigenvalue weighted by atomic mass is 10.2. The molecule has 3 rings (SSSR count). The van der Waals surface area contributed by atoms with Gasteiger partial charge in [0.25, 0.3) is 5.91 Å². The molecule has 0 bridgehead atoms. The zero-order valence-corrected chi connectivity index (χ0v) is 17.2. The number of hydrogen-bond donors (Lipinski definition) is 3. The van der Waals surface area contributed by atoms with Crippen LogP contribution in [0.1, 0.15) is 20.9 Å². The lowest BCUT2D eigenvalue weighted by Gasteiger charge is -2.10. The third-order valence-electron chi connectivity index (χ3n) is 3.64. The molecule has 0 aliphatic heterocycles. The Hall–Kier alpha value is -2.68. The number of amides is 1. The normalized spacial score (nSPS) is 10.4. The smallest absolute Gasteiger partial charge is 0.337 e. The van der Waals surface area contributed by atoms with Crippen molar-refractivity contribution in [2.45, 2.75) is 0 Å². The second kappa shape index (κ2) is 8.55.